The minimum Gasteiger partial charge on any atom is -0.415 e. The first-order valence-corrected chi connectivity index (χ1v) is 2.99. The molecule has 0 aromatic rings. The first-order valence-electron chi connectivity index (χ1n) is 2.99. The molecule has 0 spiro atoms. The Morgan fingerprint density at radius 2 is 2.44 bits per heavy atom. The molecule has 0 aromatic heterocycles. The van der Waals surface area contributed by atoms with Crippen LogP contribution in [0.2, 0.25) is 0 Å². The zero-order valence-corrected chi connectivity index (χ0v) is 5.52. The van der Waals surface area contributed by atoms with Crippen LogP contribution in [-0.4, -0.2) is 12.4 Å². The second-order valence-corrected chi connectivity index (χ2v) is 1.71. The number of hydrogen-bond donors (Lipinski definition) is 1. The van der Waals surface area contributed by atoms with E-state index in [-0.39, 0.29) is 5.97 Å². The molecule has 9 heavy (non-hydrogen) atoms. The van der Waals surface area contributed by atoms with Crippen molar-refractivity contribution in [1.82, 2.24) is 0 Å². The van der Waals surface area contributed by atoms with Crippen LogP contribution < -0.4 is 0 Å². The highest BCUT2D eigenvalue weighted by molar-refractivity contribution is 5.76. The number of unbranched alkanes of at least 4 members (excludes halogenated alkanes) is 1. The molecule has 0 unspecified atom stereocenters. The molecule has 0 aromatic carbocycles. The Hall–Kier alpha value is -0.860. The first-order chi connectivity index (χ1) is 4.31. The zero-order chi connectivity index (χ0) is 7.11. The van der Waals surface area contributed by atoms with E-state index in [1.807, 2.05) is 6.92 Å². The molecule has 0 atom stereocenters. The smallest absolute Gasteiger partial charge is 0.312 e. The molecular weight excluding hydrogens is 118 g/mol. The molecule has 0 aliphatic heterocycles. The summed E-state index contributed by atoms with van der Waals surface area (Å²) in [6.07, 6.45) is 2.91. The Balaban J connectivity index is 3.16. The van der Waals surface area contributed by atoms with E-state index in [0.29, 0.717) is 12.8 Å². The van der Waals surface area contributed by atoms with E-state index in [1.54, 1.807) is 0 Å². The molecule has 0 rings (SSSR count). The van der Waals surface area contributed by atoms with Gasteiger partial charge < -0.3 is 4.74 Å². The maximum absolute atomic E-state index is 10.4. The number of ether oxygens (including phenoxy) is 1. The van der Waals surface area contributed by atoms with Gasteiger partial charge in [0.15, 0.2) is 6.40 Å². The molecule has 0 saturated heterocycles. The average Bonchev–Trinajstić information content (AvgIpc) is 1.85. The van der Waals surface area contributed by atoms with Gasteiger partial charge >= 0.3 is 5.97 Å². The van der Waals surface area contributed by atoms with Crippen LogP contribution in [-0.2, 0) is 9.53 Å². The van der Waals surface area contributed by atoms with E-state index in [1.165, 1.54) is 0 Å². The van der Waals surface area contributed by atoms with Gasteiger partial charge in [-0.25, -0.2) is 0 Å². The Labute approximate surface area is 54.5 Å². The summed E-state index contributed by atoms with van der Waals surface area (Å²) in [6, 6.07) is 0. The zero-order valence-electron chi connectivity index (χ0n) is 5.52. The monoisotopic (exact) mass is 129 g/mol. The summed E-state index contributed by atoms with van der Waals surface area (Å²) in [5, 5.41) is 6.40. The maximum atomic E-state index is 10.4. The molecule has 3 nitrogen and oxygen atoms in total. The summed E-state index contributed by atoms with van der Waals surface area (Å²) in [7, 11) is 0. The van der Waals surface area contributed by atoms with Gasteiger partial charge in [-0.3, -0.25) is 10.2 Å². The SMILES string of the molecule is CCCCC(=O)OC=N. The van der Waals surface area contributed by atoms with Gasteiger partial charge in [-0.05, 0) is 6.42 Å². The Bertz CT molecular complexity index is 101. The molecule has 3 heteroatoms. The summed E-state index contributed by atoms with van der Waals surface area (Å²) in [5.74, 6) is -0.313. The van der Waals surface area contributed by atoms with E-state index in [2.05, 4.69) is 4.74 Å². The molecule has 0 aliphatic rings. The predicted octanol–water partition coefficient (Wildman–Crippen LogP) is 1.33. The van der Waals surface area contributed by atoms with Gasteiger partial charge in [0.25, 0.3) is 0 Å². The van der Waals surface area contributed by atoms with Crippen LogP contribution in [0.5, 0.6) is 0 Å². The van der Waals surface area contributed by atoms with Crippen LogP contribution in [0.15, 0.2) is 0 Å². The van der Waals surface area contributed by atoms with Crippen LogP contribution in [0.4, 0.5) is 0 Å². The quantitative estimate of drug-likeness (QED) is 0.353. The van der Waals surface area contributed by atoms with Crippen molar-refractivity contribution in [1.29, 1.82) is 5.41 Å². The second kappa shape index (κ2) is 5.28. The fraction of sp³-hybridized carbons (Fsp3) is 0.667. The molecule has 52 valence electrons. The molecule has 0 heterocycles. The molecule has 0 aliphatic carbocycles. The van der Waals surface area contributed by atoms with Crippen LogP contribution in [0.25, 0.3) is 0 Å². The lowest BCUT2D eigenvalue weighted by Crippen LogP contribution is -2.00. The topological polar surface area (TPSA) is 50.2 Å². The molecule has 0 bridgehead atoms. The van der Waals surface area contributed by atoms with Gasteiger partial charge in [0, 0.05) is 6.42 Å². The van der Waals surface area contributed by atoms with Gasteiger partial charge in [0.2, 0.25) is 0 Å². The van der Waals surface area contributed by atoms with Gasteiger partial charge in [0.1, 0.15) is 0 Å². The van der Waals surface area contributed by atoms with E-state index in [4.69, 9.17) is 5.41 Å². The number of esters is 1. The highest BCUT2D eigenvalue weighted by Crippen LogP contribution is 1.94. The standard InChI is InChI=1S/C6H11NO2/c1-2-3-4-6(8)9-5-7/h5,7H,2-4H2,1H3. The number of carbonyl (C=O) groups excluding carboxylic acids is 1. The van der Waals surface area contributed by atoms with Crippen LogP contribution >= 0.6 is 0 Å². The number of nitrogens with one attached hydrogen (secondary N) is 1. The van der Waals surface area contributed by atoms with Crippen molar-refractivity contribution in [2.75, 3.05) is 0 Å². The van der Waals surface area contributed by atoms with Crippen LogP contribution in [0.1, 0.15) is 26.2 Å². The van der Waals surface area contributed by atoms with Crippen LogP contribution in [0.3, 0.4) is 0 Å². The van der Waals surface area contributed by atoms with Gasteiger partial charge in [-0.1, -0.05) is 13.3 Å². The number of rotatable bonds is 4. The average molecular weight is 129 g/mol. The lowest BCUT2D eigenvalue weighted by molar-refractivity contribution is -0.135. The van der Waals surface area contributed by atoms with Gasteiger partial charge in [-0.15, -0.1) is 0 Å². The Morgan fingerprint density at radius 1 is 1.78 bits per heavy atom. The van der Waals surface area contributed by atoms with Crippen molar-refractivity contribution in [3.63, 3.8) is 0 Å². The first kappa shape index (κ1) is 8.14. The molecule has 0 fully saturated rings. The number of hydrogen-bond acceptors (Lipinski definition) is 3. The summed E-state index contributed by atoms with van der Waals surface area (Å²) in [6.45, 7) is 2.00. The Kier molecular flexibility index (Phi) is 4.78. The third-order valence-corrected chi connectivity index (χ3v) is 0.925. The summed E-state index contributed by atoms with van der Waals surface area (Å²) in [5.41, 5.74) is 0. The molecular formula is C6H11NO2. The largest absolute Gasteiger partial charge is 0.415 e. The van der Waals surface area contributed by atoms with E-state index < -0.39 is 0 Å². The summed E-state index contributed by atoms with van der Waals surface area (Å²) in [4.78, 5) is 10.4. The van der Waals surface area contributed by atoms with Crippen molar-refractivity contribution in [3.8, 4) is 0 Å². The normalized spacial score (nSPS) is 8.56. The van der Waals surface area contributed by atoms with E-state index in [0.717, 1.165) is 12.8 Å². The summed E-state index contributed by atoms with van der Waals surface area (Å²) < 4.78 is 4.25. The van der Waals surface area contributed by atoms with Gasteiger partial charge in [0.05, 0.1) is 0 Å². The third kappa shape index (κ3) is 5.00. The highest BCUT2D eigenvalue weighted by atomic mass is 16.5. The van der Waals surface area contributed by atoms with Crippen molar-refractivity contribution in [2.45, 2.75) is 26.2 Å². The predicted molar refractivity (Wildman–Crippen MR) is 34.4 cm³/mol. The van der Waals surface area contributed by atoms with Crippen molar-refractivity contribution in [3.05, 3.63) is 0 Å². The van der Waals surface area contributed by atoms with Crippen molar-refractivity contribution in [2.24, 2.45) is 0 Å². The lowest BCUT2D eigenvalue weighted by Gasteiger charge is -1.93. The molecule has 0 saturated carbocycles. The van der Waals surface area contributed by atoms with E-state index in [9.17, 15) is 4.79 Å². The third-order valence-electron chi connectivity index (χ3n) is 0.925. The number of carbonyl (C=O) groups is 1. The minimum absolute atomic E-state index is 0.313. The second-order valence-electron chi connectivity index (χ2n) is 1.71. The lowest BCUT2D eigenvalue weighted by atomic mass is 10.3. The minimum atomic E-state index is -0.313. The fourth-order valence-corrected chi connectivity index (χ4v) is 0.446. The van der Waals surface area contributed by atoms with Crippen LogP contribution in [0, 0.1) is 5.41 Å². The Morgan fingerprint density at radius 3 is 2.89 bits per heavy atom. The molecule has 1 N–H and O–H groups in total. The fourth-order valence-electron chi connectivity index (χ4n) is 0.446. The summed E-state index contributed by atoms with van der Waals surface area (Å²) >= 11 is 0. The maximum Gasteiger partial charge on any atom is 0.312 e. The van der Waals surface area contributed by atoms with E-state index >= 15 is 0 Å². The van der Waals surface area contributed by atoms with Crippen molar-refractivity contribution >= 4 is 12.4 Å². The van der Waals surface area contributed by atoms with Gasteiger partial charge in [-0.2, -0.15) is 0 Å². The highest BCUT2D eigenvalue weighted by Gasteiger charge is 1.97. The molecule has 0 amide bonds. The molecule has 0 radical (unpaired) electrons. The van der Waals surface area contributed by atoms with Crippen molar-refractivity contribution < 1.29 is 9.53 Å².